The normalized spacial score (nSPS) is 10.3. The Morgan fingerprint density at radius 2 is 1.91 bits per heavy atom. The largest absolute Gasteiger partial charge is 0.492 e. The van der Waals surface area contributed by atoms with Crippen molar-refractivity contribution in [1.29, 1.82) is 5.26 Å². The number of anilines is 4. The maximum Gasteiger partial charge on any atom is 0.254 e. The van der Waals surface area contributed by atoms with Crippen molar-refractivity contribution < 1.29 is 9.53 Å². The van der Waals surface area contributed by atoms with Crippen molar-refractivity contribution in [2.45, 2.75) is 0 Å². The molecule has 4 heterocycles. The molecule has 1 amide bonds. The minimum atomic E-state index is -0.350. The van der Waals surface area contributed by atoms with Crippen LogP contribution in [0.1, 0.15) is 15.9 Å². The first kappa shape index (κ1) is 22.1. The SMILES string of the molecule is CNC(=O)c1cnc(Nc2cc(C#N)ccn2)cc1Nc1nccc(-c2nnn(C)n2)c1OC. The summed E-state index contributed by atoms with van der Waals surface area (Å²) in [6.07, 6.45) is 4.49. The van der Waals surface area contributed by atoms with Gasteiger partial charge in [0.05, 0.1) is 42.6 Å². The molecule has 0 unspecified atom stereocenters. The maximum atomic E-state index is 12.5. The topological polar surface area (TPSA) is 168 Å². The van der Waals surface area contributed by atoms with E-state index in [0.717, 1.165) is 0 Å². The van der Waals surface area contributed by atoms with Crippen LogP contribution in [0, 0.1) is 11.3 Å². The first-order valence-electron chi connectivity index (χ1n) is 9.92. The van der Waals surface area contributed by atoms with Crippen LogP contribution in [0.4, 0.5) is 23.1 Å². The molecule has 4 aromatic rings. The predicted molar refractivity (Wildman–Crippen MR) is 122 cm³/mol. The number of aromatic nitrogens is 7. The molecule has 0 spiro atoms. The van der Waals surface area contributed by atoms with Gasteiger partial charge in [0.2, 0.25) is 5.82 Å². The third-order valence-corrected chi connectivity index (χ3v) is 4.63. The molecule has 0 aliphatic carbocycles. The zero-order valence-electron chi connectivity index (χ0n) is 18.4. The molecule has 34 heavy (non-hydrogen) atoms. The van der Waals surface area contributed by atoms with E-state index in [1.54, 1.807) is 37.5 Å². The number of pyridine rings is 3. The summed E-state index contributed by atoms with van der Waals surface area (Å²) in [5.41, 5.74) is 1.70. The van der Waals surface area contributed by atoms with E-state index in [4.69, 9.17) is 10.00 Å². The Balaban J connectivity index is 1.73. The van der Waals surface area contributed by atoms with Gasteiger partial charge < -0.3 is 20.7 Å². The fourth-order valence-electron chi connectivity index (χ4n) is 3.08. The fourth-order valence-corrected chi connectivity index (χ4v) is 3.08. The highest BCUT2D eigenvalue weighted by Gasteiger charge is 2.19. The summed E-state index contributed by atoms with van der Waals surface area (Å²) in [5.74, 6) is 1.53. The highest BCUT2D eigenvalue weighted by atomic mass is 16.5. The predicted octanol–water partition coefficient (Wildman–Crippen LogP) is 1.79. The number of hydrogen-bond donors (Lipinski definition) is 3. The summed E-state index contributed by atoms with van der Waals surface area (Å²) in [4.78, 5) is 26.7. The van der Waals surface area contributed by atoms with Crippen LogP contribution < -0.4 is 20.7 Å². The number of rotatable bonds is 7. The number of aryl methyl sites for hydroxylation is 1. The highest BCUT2D eigenvalue weighted by Crippen LogP contribution is 2.35. The van der Waals surface area contributed by atoms with Gasteiger partial charge in [-0.1, -0.05) is 0 Å². The number of ether oxygens (including phenoxy) is 1. The maximum absolute atomic E-state index is 12.5. The standard InChI is InChI=1S/C21H19N11O2/c1-23-21(33)14-11-26-17(28-16-8-12(10-22)4-6-24-16)9-15(14)27-20-18(34-3)13(5-7-25-20)19-29-31-32(2)30-19/h4-9,11H,1-3H3,(H,23,33)(H2,24,25,26,27,28). The Morgan fingerprint density at radius 1 is 1.12 bits per heavy atom. The summed E-state index contributed by atoms with van der Waals surface area (Å²) in [5, 5.41) is 30.0. The summed E-state index contributed by atoms with van der Waals surface area (Å²) >= 11 is 0. The molecule has 170 valence electrons. The van der Waals surface area contributed by atoms with Crippen molar-refractivity contribution in [2.24, 2.45) is 7.05 Å². The average molecular weight is 457 g/mol. The molecule has 4 rings (SSSR count). The summed E-state index contributed by atoms with van der Waals surface area (Å²) < 4.78 is 5.58. The number of hydrogen-bond acceptors (Lipinski definition) is 11. The molecule has 0 aliphatic heterocycles. The Bertz CT molecular complexity index is 1390. The van der Waals surface area contributed by atoms with Gasteiger partial charge in [-0.3, -0.25) is 4.79 Å². The van der Waals surface area contributed by atoms with E-state index in [0.29, 0.717) is 45.8 Å². The van der Waals surface area contributed by atoms with Crippen LogP contribution in [0.2, 0.25) is 0 Å². The lowest BCUT2D eigenvalue weighted by atomic mass is 10.2. The van der Waals surface area contributed by atoms with E-state index >= 15 is 0 Å². The first-order valence-corrected chi connectivity index (χ1v) is 9.92. The Morgan fingerprint density at radius 3 is 2.62 bits per heavy atom. The average Bonchev–Trinajstić information content (AvgIpc) is 3.29. The zero-order chi connectivity index (χ0) is 24.1. The second-order valence-corrected chi connectivity index (χ2v) is 6.83. The number of tetrazole rings is 1. The molecule has 4 aromatic heterocycles. The molecule has 13 heteroatoms. The monoisotopic (exact) mass is 457 g/mol. The fraction of sp³-hybridized carbons (Fsp3) is 0.143. The molecule has 0 radical (unpaired) electrons. The van der Waals surface area contributed by atoms with Gasteiger partial charge in [0.1, 0.15) is 11.6 Å². The molecular formula is C21H19N11O2. The van der Waals surface area contributed by atoms with Gasteiger partial charge in [-0.05, 0) is 23.4 Å². The molecule has 0 saturated carbocycles. The van der Waals surface area contributed by atoms with Crippen LogP contribution in [0.25, 0.3) is 11.4 Å². The summed E-state index contributed by atoms with van der Waals surface area (Å²) in [6, 6.07) is 8.57. The number of nitrogens with zero attached hydrogens (tertiary/aromatic N) is 8. The molecule has 0 bridgehead atoms. The third-order valence-electron chi connectivity index (χ3n) is 4.63. The Hall–Kier alpha value is -5.12. The number of nitriles is 1. The number of methoxy groups -OCH3 is 1. The molecular weight excluding hydrogens is 438 g/mol. The second kappa shape index (κ2) is 9.57. The third kappa shape index (κ3) is 4.55. The minimum Gasteiger partial charge on any atom is -0.492 e. The van der Waals surface area contributed by atoms with Gasteiger partial charge in [0.25, 0.3) is 5.91 Å². The van der Waals surface area contributed by atoms with E-state index in [1.165, 1.54) is 31.3 Å². The number of carbonyl (C=O) groups is 1. The number of nitrogens with one attached hydrogen (secondary N) is 3. The lowest BCUT2D eigenvalue weighted by Crippen LogP contribution is -2.20. The van der Waals surface area contributed by atoms with E-state index in [1.807, 2.05) is 0 Å². The van der Waals surface area contributed by atoms with Crippen molar-refractivity contribution in [3.8, 4) is 23.2 Å². The van der Waals surface area contributed by atoms with E-state index in [9.17, 15) is 4.79 Å². The van der Waals surface area contributed by atoms with Gasteiger partial charge in [0, 0.05) is 31.7 Å². The van der Waals surface area contributed by atoms with Crippen LogP contribution in [0.15, 0.2) is 42.9 Å². The van der Waals surface area contributed by atoms with Crippen molar-refractivity contribution in [1.82, 2.24) is 40.5 Å². The quantitative estimate of drug-likeness (QED) is 0.370. The Kier molecular flexibility index (Phi) is 6.22. The smallest absolute Gasteiger partial charge is 0.254 e. The Labute approximate surface area is 193 Å². The van der Waals surface area contributed by atoms with Crippen LogP contribution in [-0.2, 0) is 7.05 Å². The van der Waals surface area contributed by atoms with Crippen LogP contribution >= 0.6 is 0 Å². The van der Waals surface area contributed by atoms with Crippen LogP contribution in [0.3, 0.4) is 0 Å². The highest BCUT2D eigenvalue weighted by molar-refractivity contribution is 6.00. The number of amides is 1. The molecule has 0 aromatic carbocycles. The van der Waals surface area contributed by atoms with Crippen molar-refractivity contribution in [3.05, 3.63) is 54.0 Å². The molecule has 3 N–H and O–H groups in total. The van der Waals surface area contributed by atoms with Crippen molar-refractivity contribution >= 4 is 29.0 Å². The lowest BCUT2D eigenvalue weighted by molar-refractivity contribution is 0.0963. The van der Waals surface area contributed by atoms with Gasteiger partial charge in [-0.15, -0.1) is 10.2 Å². The second-order valence-electron chi connectivity index (χ2n) is 6.83. The van der Waals surface area contributed by atoms with Gasteiger partial charge >= 0.3 is 0 Å². The first-order chi connectivity index (χ1) is 16.5. The van der Waals surface area contributed by atoms with Gasteiger partial charge in [-0.25, -0.2) is 15.0 Å². The van der Waals surface area contributed by atoms with Crippen LogP contribution in [-0.4, -0.2) is 55.2 Å². The molecule has 0 atom stereocenters. The van der Waals surface area contributed by atoms with E-state index < -0.39 is 0 Å². The van der Waals surface area contributed by atoms with Gasteiger partial charge in [0.15, 0.2) is 11.6 Å². The minimum absolute atomic E-state index is 0.277. The van der Waals surface area contributed by atoms with Crippen molar-refractivity contribution in [3.63, 3.8) is 0 Å². The van der Waals surface area contributed by atoms with E-state index in [2.05, 4.69) is 52.4 Å². The molecule has 0 saturated heterocycles. The summed E-state index contributed by atoms with van der Waals surface area (Å²) in [7, 11) is 4.68. The molecule has 13 nitrogen and oxygen atoms in total. The van der Waals surface area contributed by atoms with Crippen LogP contribution in [0.5, 0.6) is 5.75 Å². The molecule has 0 aliphatic rings. The van der Waals surface area contributed by atoms with Gasteiger partial charge in [-0.2, -0.15) is 10.1 Å². The van der Waals surface area contributed by atoms with E-state index in [-0.39, 0.29) is 11.5 Å². The summed E-state index contributed by atoms with van der Waals surface area (Å²) in [6.45, 7) is 0. The number of carbonyl (C=O) groups excluding carboxylic acids is 1. The zero-order valence-corrected chi connectivity index (χ0v) is 18.4. The lowest BCUT2D eigenvalue weighted by Gasteiger charge is -2.16. The van der Waals surface area contributed by atoms with Crippen molar-refractivity contribution in [2.75, 3.05) is 24.8 Å². The molecule has 0 fully saturated rings.